The van der Waals surface area contributed by atoms with Gasteiger partial charge in [0.05, 0.1) is 12.8 Å². The molecule has 146 valence electrons. The second-order valence-corrected chi connectivity index (χ2v) is 9.34. The third kappa shape index (κ3) is 3.69. The first kappa shape index (κ1) is 19.1. The number of ether oxygens (including phenoxy) is 1. The Kier molecular flexibility index (Phi) is 4.55. The van der Waals surface area contributed by atoms with E-state index in [1.807, 2.05) is 28.9 Å². The maximum absolute atomic E-state index is 5.46. The average molecular weight is 442 g/mol. The molecule has 4 rings (SSSR count). The standard InChI is InChI=1S/C21H24BrN5O/c1-20(2)9-13(10-21(3,4)26-20)15-6-7-27-12-16(25-19(27)24-15)18-17(28-5)8-14(22)11-23-18/h6-9,11-12,26H,10H2,1-5H3. The molecule has 0 saturated heterocycles. The third-order valence-corrected chi connectivity index (χ3v) is 5.20. The van der Waals surface area contributed by atoms with Gasteiger partial charge < -0.3 is 10.1 Å². The summed E-state index contributed by atoms with van der Waals surface area (Å²) in [6, 6.07) is 3.93. The van der Waals surface area contributed by atoms with E-state index in [-0.39, 0.29) is 11.1 Å². The molecule has 0 bridgehead atoms. The summed E-state index contributed by atoms with van der Waals surface area (Å²) in [4.78, 5) is 14.0. The molecule has 1 aliphatic rings. The minimum Gasteiger partial charge on any atom is -0.494 e. The molecule has 1 aliphatic heterocycles. The lowest BCUT2D eigenvalue weighted by atomic mass is 9.82. The predicted molar refractivity (Wildman–Crippen MR) is 114 cm³/mol. The SMILES string of the molecule is COc1cc(Br)cnc1-c1cn2ccc(C3=CC(C)(C)NC(C)(C)C3)nc2n1. The number of hydrogen-bond acceptors (Lipinski definition) is 5. The Morgan fingerprint density at radius 1 is 1.18 bits per heavy atom. The van der Waals surface area contributed by atoms with Crippen LogP contribution in [0.4, 0.5) is 0 Å². The van der Waals surface area contributed by atoms with E-state index >= 15 is 0 Å². The summed E-state index contributed by atoms with van der Waals surface area (Å²) < 4.78 is 8.24. The van der Waals surface area contributed by atoms with Gasteiger partial charge in [0.1, 0.15) is 17.1 Å². The van der Waals surface area contributed by atoms with Crippen LogP contribution in [-0.2, 0) is 0 Å². The minimum absolute atomic E-state index is 0.0106. The third-order valence-electron chi connectivity index (χ3n) is 4.77. The summed E-state index contributed by atoms with van der Waals surface area (Å²) in [5.74, 6) is 1.32. The van der Waals surface area contributed by atoms with Crippen LogP contribution in [0, 0.1) is 0 Å². The van der Waals surface area contributed by atoms with Crippen LogP contribution in [0.15, 0.2) is 41.3 Å². The topological polar surface area (TPSA) is 64.3 Å². The van der Waals surface area contributed by atoms with E-state index in [4.69, 9.17) is 14.7 Å². The van der Waals surface area contributed by atoms with Crippen LogP contribution in [0.5, 0.6) is 5.75 Å². The maximum atomic E-state index is 5.46. The number of pyridine rings is 1. The van der Waals surface area contributed by atoms with Crippen molar-refractivity contribution >= 4 is 27.3 Å². The van der Waals surface area contributed by atoms with Gasteiger partial charge in [0.15, 0.2) is 0 Å². The fourth-order valence-electron chi connectivity index (χ4n) is 4.01. The van der Waals surface area contributed by atoms with Gasteiger partial charge in [-0.3, -0.25) is 4.40 Å². The van der Waals surface area contributed by atoms with Crippen molar-refractivity contribution in [1.29, 1.82) is 0 Å². The normalized spacial score (nSPS) is 18.1. The lowest BCUT2D eigenvalue weighted by Crippen LogP contribution is -2.53. The zero-order valence-corrected chi connectivity index (χ0v) is 18.3. The van der Waals surface area contributed by atoms with E-state index in [0.717, 1.165) is 22.3 Å². The molecule has 0 spiro atoms. The van der Waals surface area contributed by atoms with Crippen molar-refractivity contribution in [3.63, 3.8) is 0 Å². The Morgan fingerprint density at radius 2 is 1.93 bits per heavy atom. The Bertz CT molecular complexity index is 1080. The first-order valence-electron chi connectivity index (χ1n) is 9.23. The quantitative estimate of drug-likeness (QED) is 0.648. The van der Waals surface area contributed by atoms with E-state index in [1.54, 1.807) is 13.3 Å². The Hall–Kier alpha value is -2.25. The lowest BCUT2D eigenvalue weighted by Gasteiger charge is -2.41. The smallest absolute Gasteiger partial charge is 0.234 e. The molecule has 0 atom stereocenters. The molecule has 7 heteroatoms. The number of methoxy groups -OCH3 is 1. The van der Waals surface area contributed by atoms with Gasteiger partial charge in [-0.05, 0) is 67.8 Å². The number of aromatic nitrogens is 4. The molecule has 0 unspecified atom stereocenters. The van der Waals surface area contributed by atoms with Crippen LogP contribution in [-0.4, -0.2) is 37.5 Å². The van der Waals surface area contributed by atoms with E-state index < -0.39 is 0 Å². The number of hydrogen-bond donors (Lipinski definition) is 1. The molecule has 1 N–H and O–H groups in total. The summed E-state index contributed by atoms with van der Waals surface area (Å²) in [6.45, 7) is 8.82. The van der Waals surface area contributed by atoms with Crippen molar-refractivity contribution in [2.45, 2.75) is 45.2 Å². The van der Waals surface area contributed by atoms with Crippen molar-refractivity contribution < 1.29 is 4.74 Å². The average Bonchev–Trinajstić information content (AvgIpc) is 3.01. The predicted octanol–water partition coefficient (Wildman–Crippen LogP) is 4.50. The summed E-state index contributed by atoms with van der Waals surface area (Å²) in [7, 11) is 1.63. The minimum atomic E-state index is -0.0831. The Labute approximate surface area is 173 Å². The van der Waals surface area contributed by atoms with Gasteiger partial charge in [0, 0.05) is 34.1 Å². The lowest BCUT2D eigenvalue weighted by molar-refractivity contribution is 0.297. The molecule has 3 aromatic rings. The molecule has 0 radical (unpaired) electrons. The molecule has 0 amide bonds. The maximum Gasteiger partial charge on any atom is 0.234 e. The molecule has 0 fully saturated rings. The van der Waals surface area contributed by atoms with Crippen LogP contribution in [0.2, 0.25) is 0 Å². The molecule has 0 aliphatic carbocycles. The number of rotatable bonds is 3. The monoisotopic (exact) mass is 441 g/mol. The van der Waals surface area contributed by atoms with E-state index in [0.29, 0.717) is 17.2 Å². The Balaban J connectivity index is 1.77. The summed E-state index contributed by atoms with van der Waals surface area (Å²) >= 11 is 3.42. The molecule has 28 heavy (non-hydrogen) atoms. The van der Waals surface area contributed by atoms with Crippen molar-refractivity contribution in [2.24, 2.45) is 0 Å². The van der Waals surface area contributed by atoms with Gasteiger partial charge in [-0.25, -0.2) is 15.0 Å². The van der Waals surface area contributed by atoms with Crippen molar-refractivity contribution in [2.75, 3.05) is 7.11 Å². The van der Waals surface area contributed by atoms with Crippen LogP contribution >= 0.6 is 15.9 Å². The first-order chi connectivity index (χ1) is 13.2. The molecule has 0 aromatic carbocycles. The molecular weight excluding hydrogens is 418 g/mol. The number of halogens is 1. The van der Waals surface area contributed by atoms with Gasteiger partial charge in [0.2, 0.25) is 5.78 Å². The number of nitrogens with zero attached hydrogens (tertiary/aromatic N) is 4. The number of nitrogens with one attached hydrogen (secondary N) is 1. The molecular formula is C21H24BrN5O. The second-order valence-electron chi connectivity index (χ2n) is 8.43. The fraction of sp³-hybridized carbons (Fsp3) is 0.381. The summed E-state index contributed by atoms with van der Waals surface area (Å²) in [5, 5.41) is 3.66. The zero-order valence-electron chi connectivity index (χ0n) is 16.7. The van der Waals surface area contributed by atoms with Crippen LogP contribution in [0.1, 0.15) is 39.8 Å². The molecule has 6 nitrogen and oxygen atoms in total. The highest BCUT2D eigenvalue weighted by atomic mass is 79.9. The van der Waals surface area contributed by atoms with Crippen molar-refractivity contribution in [1.82, 2.24) is 24.7 Å². The molecule has 0 saturated carbocycles. The van der Waals surface area contributed by atoms with Crippen molar-refractivity contribution in [3.05, 3.63) is 47.0 Å². The van der Waals surface area contributed by atoms with E-state index in [9.17, 15) is 0 Å². The van der Waals surface area contributed by atoms with Crippen LogP contribution in [0.3, 0.4) is 0 Å². The largest absolute Gasteiger partial charge is 0.494 e. The Morgan fingerprint density at radius 3 is 2.64 bits per heavy atom. The van der Waals surface area contributed by atoms with Crippen molar-refractivity contribution in [3.8, 4) is 17.1 Å². The van der Waals surface area contributed by atoms with Gasteiger partial charge in [-0.2, -0.15) is 0 Å². The second kappa shape index (κ2) is 6.67. The summed E-state index contributed by atoms with van der Waals surface area (Å²) in [5.41, 5.74) is 3.55. The van der Waals surface area contributed by atoms with Crippen LogP contribution in [0.25, 0.3) is 22.7 Å². The number of imidazole rings is 1. The first-order valence-corrected chi connectivity index (χ1v) is 10.0. The molecule has 3 aromatic heterocycles. The van der Waals surface area contributed by atoms with E-state index in [1.165, 1.54) is 5.57 Å². The van der Waals surface area contributed by atoms with Gasteiger partial charge >= 0.3 is 0 Å². The summed E-state index contributed by atoms with van der Waals surface area (Å²) in [6.07, 6.45) is 8.85. The highest BCUT2D eigenvalue weighted by molar-refractivity contribution is 9.10. The van der Waals surface area contributed by atoms with E-state index in [2.05, 4.69) is 60.0 Å². The van der Waals surface area contributed by atoms with Gasteiger partial charge in [0.25, 0.3) is 0 Å². The highest BCUT2D eigenvalue weighted by Crippen LogP contribution is 2.33. The number of fused-ring (bicyclic) bond motifs is 1. The van der Waals surface area contributed by atoms with Gasteiger partial charge in [-0.1, -0.05) is 6.08 Å². The fourth-order valence-corrected chi connectivity index (χ4v) is 4.32. The van der Waals surface area contributed by atoms with Gasteiger partial charge in [-0.15, -0.1) is 0 Å². The van der Waals surface area contributed by atoms with Crippen LogP contribution < -0.4 is 10.1 Å². The molecule has 4 heterocycles. The zero-order chi connectivity index (χ0) is 20.1. The highest BCUT2D eigenvalue weighted by Gasteiger charge is 2.33.